The lowest BCUT2D eigenvalue weighted by Crippen LogP contribution is -2.41. The highest BCUT2D eigenvalue weighted by Crippen LogP contribution is 2.37. The maximum Gasteiger partial charge on any atom is 0.259 e. The van der Waals surface area contributed by atoms with Crippen molar-refractivity contribution in [2.24, 2.45) is 0 Å². The first-order valence-electron chi connectivity index (χ1n) is 5.49. The average molecular weight is 233 g/mol. The van der Waals surface area contributed by atoms with Gasteiger partial charge in [0.2, 0.25) is 5.71 Å². The number of rotatable bonds is 0. The van der Waals surface area contributed by atoms with E-state index in [2.05, 4.69) is 0 Å². The molecule has 0 bridgehead atoms. The number of fused-ring (bicyclic) bond motifs is 2. The summed E-state index contributed by atoms with van der Waals surface area (Å²) >= 11 is 0. The number of ketones is 1. The zero-order valence-electron chi connectivity index (χ0n) is 9.05. The fourth-order valence-electron chi connectivity index (χ4n) is 2.27. The van der Waals surface area contributed by atoms with Gasteiger partial charge >= 0.3 is 0 Å². The van der Waals surface area contributed by atoms with E-state index in [4.69, 9.17) is 4.74 Å². The van der Waals surface area contributed by atoms with Gasteiger partial charge in [-0.25, -0.2) is 0 Å². The highest BCUT2D eigenvalue weighted by molar-refractivity contribution is 5.98. The van der Waals surface area contributed by atoms with Crippen molar-refractivity contribution in [3.63, 3.8) is 0 Å². The van der Waals surface area contributed by atoms with Gasteiger partial charge in [0.05, 0.1) is 6.42 Å². The summed E-state index contributed by atoms with van der Waals surface area (Å²) in [6.45, 7) is 0. The number of aromatic hydroxyl groups is 1. The fourth-order valence-corrected chi connectivity index (χ4v) is 2.27. The summed E-state index contributed by atoms with van der Waals surface area (Å²) in [5, 5.41) is 21.4. The molecule has 0 radical (unpaired) electrons. The molecule has 17 heavy (non-hydrogen) atoms. The van der Waals surface area contributed by atoms with E-state index in [1.807, 2.05) is 0 Å². The van der Waals surface area contributed by atoms with Crippen molar-refractivity contribution in [2.75, 3.05) is 0 Å². The van der Waals surface area contributed by atoms with Crippen LogP contribution in [0.3, 0.4) is 0 Å². The number of carbonyl (C=O) groups excluding carboxylic acids is 1. The lowest BCUT2D eigenvalue weighted by molar-refractivity contribution is -0.373. The van der Waals surface area contributed by atoms with Gasteiger partial charge in [-0.05, 0) is 6.07 Å². The van der Waals surface area contributed by atoms with Crippen LogP contribution in [0.15, 0.2) is 18.2 Å². The van der Waals surface area contributed by atoms with E-state index < -0.39 is 6.10 Å². The number of benzene rings is 1. The van der Waals surface area contributed by atoms with Crippen LogP contribution in [0.4, 0.5) is 5.69 Å². The van der Waals surface area contributed by atoms with Crippen LogP contribution in [0.5, 0.6) is 11.5 Å². The van der Waals surface area contributed by atoms with Crippen LogP contribution in [0, 0.1) is 5.21 Å². The molecule has 0 spiro atoms. The minimum absolute atomic E-state index is 0.0442. The molecule has 1 N–H and O–H groups in total. The summed E-state index contributed by atoms with van der Waals surface area (Å²) in [6.07, 6.45) is 0.626. The zero-order valence-corrected chi connectivity index (χ0v) is 9.05. The van der Waals surface area contributed by atoms with Crippen molar-refractivity contribution in [1.82, 2.24) is 0 Å². The summed E-state index contributed by atoms with van der Waals surface area (Å²) in [5.74, 6) is 0.488. The number of hydrogen-bond acceptors (Lipinski definition) is 4. The SMILES string of the molecule is O=C1CCC2=[N+]([O-])c3ccc(O)cc3OC2C1. The number of phenolic OH excluding ortho intramolecular Hbond substituents is 1. The van der Waals surface area contributed by atoms with Crippen LogP contribution in [0.25, 0.3) is 0 Å². The van der Waals surface area contributed by atoms with Crippen LogP contribution in [0.1, 0.15) is 19.3 Å². The Balaban J connectivity index is 2.09. The highest BCUT2D eigenvalue weighted by Gasteiger charge is 2.38. The largest absolute Gasteiger partial charge is 0.618 e. The lowest BCUT2D eigenvalue weighted by atomic mass is 9.93. The van der Waals surface area contributed by atoms with E-state index in [0.29, 0.717) is 30.0 Å². The second-order valence-electron chi connectivity index (χ2n) is 4.29. The molecule has 2 aliphatic rings. The Morgan fingerprint density at radius 1 is 1.41 bits per heavy atom. The van der Waals surface area contributed by atoms with Gasteiger partial charge in [-0.1, -0.05) is 0 Å². The number of Topliss-reactive ketones (excluding diaryl/α,β-unsaturated/α-hetero) is 1. The summed E-state index contributed by atoms with van der Waals surface area (Å²) < 4.78 is 6.43. The molecule has 1 aliphatic carbocycles. The molecule has 1 atom stereocenters. The molecular formula is C12H11NO4. The minimum atomic E-state index is -0.469. The van der Waals surface area contributed by atoms with Crippen LogP contribution >= 0.6 is 0 Å². The van der Waals surface area contributed by atoms with Crippen molar-refractivity contribution in [1.29, 1.82) is 0 Å². The Morgan fingerprint density at radius 2 is 2.24 bits per heavy atom. The molecule has 1 heterocycles. The number of hydrogen-bond donors (Lipinski definition) is 1. The maximum atomic E-state index is 12.1. The molecule has 3 rings (SSSR count). The molecule has 1 unspecified atom stereocenters. The predicted molar refractivity (Wildman–Crippen MR) is 59.7 cm³/mol. The van der Waals surface area contributed by atoms with E-state index >= 15 is 0 Å². The van der Waals surface area contributed by atoms with Gasteiger partial charge in [0, 0.05) is 25.0 Å². The van der Waals surface area contributed by atoms with Gasteiger partial charge in [0.1, 0.15) is 11.5 Å². The van der Waals surface area contributed by atoms with Gasteiger partial charge < -0.3 is 15.1 Å². The summed E-state index contributed by atoms with van der Waals surface area (Å²) in [7, 11) is 0. The van der Waals surface area contributed by atoms with E-state index in [1.165, 1.54) is 18.2 Å². The van der Waals surface area contributed by atoms with E-state index in [0.717, 1.165) is 4.74 Å². The summed E-state index contributed by atoms with van der Waals surface area (Å²) in [6, 6.07) is 4.37. The Hall–Kier alpha value is -2.04. The van der Waals surface area contributed by atoms with E-state index in [1.54, 1.807) is 0 Å². The fraction of sp³-hybridized carbons (Fsp3) is 0.333. The molecule has 0 aromatic heterocycles. The molecule has 1 aliphatic heterocycles. The first-order valence-corrected chi connectivity index (χ1v) is 5.49. The van der Waals surface area contributed by atoms with Gasteiger partial charge in [0.15, 0.2) is 11.9 Å². The first-order chi connectivity index (χ1) is 8.15. The van der Waals surface area contributed by atoms with Crippen molar-refractivity contribution in [2.45, 2.75) is 25.4 Å². The van der Waals surface area contributed by atoms with Crippen molar-refractivity contribution in [3.05, 3.63) is 23.4 Å². The first kappa shape index (κ1) is 10.1. The summed E-state index contributed by atoms with van der Waals surface area (Å²) in [4.78, 5) is 11.3. The van der Waals surface area contributed by atoms with Crippen LogP contribution < -0.4 is 4.74 Å². The summed E-state index contributed by atoms with van der Waals surface area (Å²) in [5.41, 5.74) is 0.992. The normalized spacial score (nSPS) is 22.8. The second-order valence-corrected chi connectivity index (χ2v) is 4.29. The molecule has 1 aromatic rings. The maximum absolute atomic E-state index is 12.1. The minimum Gasteiger partial charge on any atom is -0.618 e. The van der Waals surface area contributed by atoms with Gasteiger partial charge in [-0.2, -0.15) is 4.74 Å². The van der Waals surface area contributed by atoms with Crippen LogP contribution in [0.2, 0.25) is 0 Å². The smallest absolute Gasteiger partial charge is 0.259 e. The monoisotopic (exact) mass is 233 g/mol. The Kier molecular flexibility index (Phi) is 2.07. The van der Waals surface area contributed by atoms with E-state index in [9.17, 15) is 15.1 Å². The number of ether oxygens (including phenoxy) is 1. The zero-order chi connectivity index (χ0) is 12.0. The average Bonchev–Trinajstić information content (AvgIpc) is 2.28. The highest BCUT2D eigenvalue weighted by atomic mass is 16.5. The quantitative estimate of drug-likeness (QED) is 0.544. The molecule has 0 saturated heterocycles. The lowest BCUT2D eigenvalue weighted by Gasteiger charge is -2.28. The van der Waals surface area contributed by atoms with Crippen LogP contribution in [-0.2, 0) is 4.79 Å². The molecule has 88 valence electrons. The molecule has 1 aromatic carbocycles. The van der Waals surface area contributed by atoms with Crippen LogP contribution in [-0.4, -0.2) is 27.4 Å². The molecule has 5 nitrogen and oxygen atoms in total. The van der Waals surface area contributed by atoms with E-state index in [-0.39, 0.29) is 18.0 Å². The predicted octanol–water partition coefficient (Wildman–Crippen LogP) is 1.49. The van der Waals surface area contributed by atoms with Crippen molar-refractivity contribution >= 4 is 17.2 Å². The Bertz CT molecular complexity index is 535. The van der Waals surface area contributed by atoms with Crippen molar-refractivity contribution in [3.8, 4) is 11.5 Å². The topological polar surface area (TPSA) is 72.6 Å². The number of carbonyl (C=O) groups is 1. The molecular weight excluding hydrogens is 222 g/mol. The number of nitrogens with zero attached hydrogens (tertiary/aromatic N) is 1. The Labute approximate surface area is 97.5 Å². The third kappa shape index (κ3) is 1.54. The second kappa shape index (κ2) is 3.48. The third-order valence-corrected chi connectivity index (χ3v) is 3.14. The molecule has 5 heteroatoms. The molecule has 1 saturated carbocycles. The van der Waals surface area contributed by atoms with Crippen molar-refractivity contribution < 1.29 is 19.4 Å². The van der Waals surface area contributed by atoms with Gasteiger partial charge in [-0.15, -0.1) is 0 Å². The Morgan fingerprint density at radius 3 is 3.06 bits per heavy atom. The number of phenols is 1. The van der Waals surface area contributed by atoms with Gasteiger partial charge in [0.25, 0.3) is 5.69 Å². The molecule has 0 amide bonds. The van der Waals surface area contributed by atoms with Gasteiger partial charge in [-0.3, -0.25) is 4.79 Å². The molecule has 1 fully saturated rings. The third-order valence-electron chi connectivity index (χ3n) is 3.14. The standard InChI is InChI=1S/C12H11NO4/c14-7-1-3-9-11(5-7)17-12-6-8(15)2-4-10(12)13(9)16/h1,3,5,12,14H,2,4,6H2.